The first-order valence-electron chi connectivity index (χ1n) is 5.00. The maximum absolute atomic E-state index is 11.4. The topological polar surface area (TPSA) is 105 Å². The molecule has 7 nitrogen and oxygen atoms in total. The van der Waals surface area contributed by atoms with E-state index in [1.807, 2.05) is 5.32 Å². The summed E-state index contributed by atoms with van der Waals surface area (Å²) >= 11 is 0. The van der Waals surface area contributed by atoms with Crippen LogP contribution in [0, 0.1) is 0 Å². The Bertz CT molecular complexity index is 350. The van der Waals surface area contributed by atoms with Gasteiger partial charge in [-0.2, -0.15) is 4.99 Å². The number of carbonyl (C=O) groups excluding carboxylic acids is 2. The molecular weight excluding hydrogens is 228 g/mol. The average Bonchev–Trinajstić information content (AvgIpc) is 2.13. The zero-order valence-corrected chi connectivity index (χ0v) is 10.2. The number of nitrogens with one attached hydrogen (secondary N) is 1. The molecule has 1 amide bonds. The molecule has 0 bridgehead atoms. The molecule has 1 atom stereocenters. The standard InChI is InChI=1S/C10H16N2O5/c1-5-10(7(14)15,11-6-13)12-8(16)17-9(2,3)4/h5H2,1-4H3,(H,12,16)(H,14,15). The fourth-order valence-corrected chi connectivity index (χ4v) is 0.998. The third-order valence-corrected chi connectivity index (χ3v) is 1.81. The summed E-state index contributed by atoms with van der Waals surface area (Å²) in [6.45, 7) is 6.35. The van der Waals surface area contributed by atoms with Gasteiger partial charge in [0.15, 0.2) is 0 Å². The lowest BCUT2D eigenvalue weighted by Gasteiger charge is -2.26. The minimum atomic E-state index is -2.02. The van der Waals surface area contributed by atoms with Crippen molar-refractivity contribution in [2.45, 2.75) is 45.4 Å². The number of hydrogen-bond donors (Lipinski definition) is 2. The number of ether oxygens (including phenoxy) is 1. The van der Waals surface area contributed by atoms with E-state index in [2.05, 4.69) is 4.99 Å². The minimum Gasteiger partial charge on any atom is -0.478 e. The molecule has 0 aliphatic heterocycles. The number of rotatable bonds is 4. The van der Waals surface area contributed by atoms with Crippen LogP contribution in [0.5, 0.6) is 0 Å². The highest BCUT2D eigenvalue weighted by Crippen LogP contribution is 2.14. The van der Waals surface area contributed by atoms with Crippen molar-refractivity contribution in [2.75, 3.05) is 0 Å². The first-order chi connectivity index (χ1) is 7.67. The second-order valence-corrected chi connectivity index (χ2v) is 4.35. The van der Waals surface area contributed by atoms with Gasteiger partial charge in [0.25, 0.3) is 0 Å². The van der Waals surface area contributed by atoms with Crippen LogP contribution in [0.2, 0.25) is 0 Å². The fraction of sp³-hybridized carbons (Fsp3) is 0.700. The molecule has 7 heteroatoms. The Morgan fingerprint density at radius 3 is 2.24 bits per heavy atom. The highest BCUT2D eigenvalue weighted by Gasteiger charge is 2.39. The molecule has 0 radical (unpaired) electrons. The number of aliphatic carboxylic acids is 1. The lowest BCUT2D eigenvalue weighted by molar-refractivity contribution is -0.144. The van der Waals surface area contributed by atoms with Crippen molar-refractivity contribution in [3.05, 3.63) is 0 Å². The maximum Gasteiger partial charge on any atom is 0.410 e. The van der Waals surface area contributed by atoms with Gasteiger partial charge in [-0.05, 0) is 20.8 Å². The van der Waals surface area contributed by atoms with Gasteiger partial charge >= 0.3 is 12.1 Å². The molecule has 17 heavy (non-hydrogen) atoms. The molecule has 0 aromatic heterocycles. The summed E-state index contributed by atoms with van der Waals surface area (Å²) in [5, 5.41) is 11.0. The molecule has 2 N–H and O–H groups in total. The summed E-state index contributed by atoms with van der Waals surface area (Å²) in [5.41, 5.74) is -2.79. The predicted molar refractivity (Wildman–Crippen MR) is 58.1 cm³/mol. The second-order valence-electron chi connectivity index (χ2n) is 4.35. The highest BCUT2D eigenvalue weighted by molar-refractivity contribution is 5.84. The van der Waals surface area contributed by atoms with E-state index >= 15 is 0 Å². The van der Waals surface area contributed by atoms with Crippen LogP contribution in [0.4, 0.5) is 4.79 Å². The Hall–Kier alpha value is -1.88. The van der Waals surface area contributed by atoms with Crippen LogP contribution >= 0.6 is 0 Å². The number of carbonyl (C=O) groups is 2. The number of alkyl carbamates (subject to hydrolysis) is 1. The molecule has 0 aliphatic carbocycles. The molecule has 0 aliphatic rings. The smallest absolute Gasteiger partial charge is 0.410 e. The molecule has 0 rings (SSSR count). The fourth-order valence-electron chi connectivity index (χ4n) is 0.998. The zero-order valence-electron chi connectivity index (χ0n) is 10.2. The number of carboxylic acids is 1. The second kappa shape index (κ2) is 5.45. The van der Waals surface area contributed by atoms with Crippen molar-refractivity contribution in [3.8, 4) is 0 Å². The number of isocyanates is 1. The van der Waals surface area contributed by atoms with Gasteiger partial charge in [-0.1, -0.05) is 6.92 Å². The van der Waals surface area contributed by atoms with E-state index in [1.54, 1.807) is 20.8 Å². The monoisotopic (exact) mass is 244 g/mol. The van der Waals surface area contributed by atoms with Crippen LogP contribution in [-0.4, -0.2) is 34.5 Å². The first kappa shape index (κ1) is 15.1. The van der Waals surface area contributed by atoms with Crippen LogP contribution < -0.4 is 5.32 Å². The molecule has 0 aromatic rings. The average molecular weight is 244 g/mol. The van der Waals surface area contributed by atoms with Crippen LogP contribution in [0.15, 0.2) is 4.99 Å². The van der Waals surface area contributed by atoms with E-state index in [0.717, 1.165) is 6.08 Å². The largest absolute Gasteiger partial charge is 0.478 e. The quantitative estimate of drug-likeness (QED) is 0.567. The van der Waals surface area contributed by atoms with E-state index in [9.17, 15) is 14.4 Å². The highest BCUT2D eigenvalue weighted by atomic mass is 16.6. The summed E-state index contributed by atoms with van der Waals surface area (Å²) in [5.74, 6) is -1.45. The van der Waals surface area contributed by atoms with Gasteiger partial charge in [0, 0.05) is 6.42 Å². The SMILES string of the molecule is CCC(N=C=O)(NC(=O)OC(C)(C)C)C(=O)O. The number of nitrogens with zero attached hydrogens (tertiary/aromatic N) is 1. The maximum atomic E-state index is 11.4. The van der Waals surface area contributed by atoms with Gasteiger partial charge < -0.3 is 9.84 Å². The van der Waals surface area contributed by atoms with E-state index in [1.165, 1.54) is 6.92 Å². The van der Waals surface area contributed by atoms with Gasteiger partial charge in [0.1, 0.15) is 5.60 Å². The summed E-state index contributed by atoms with van der Waals surface area (Å²) in [6, 6.07) is 0. The minimum absolute atomic E-state index is 0.100. The van der Waals surface area contributed by atoms with Crippen LogP contribution in [0.25, 0.3) is 0 Å². The first-order valence-corrected chi connectivity index (χ1v) is 5.00. The van der Waals surface area contributed by atoms with Crippen molar-refractivity contribution in [3.63, 3.8) is 0 Å². The normalized spacial score (nSPS) is 14.1. The van der Waals surface area contributed by atoms with Gasteiger partial charge in [-0.3, -0.25) is 5.32 Å². The summed E-state index contributed by atoms with van der Waals surface area (Å²) in [7, 11) is 0. The molecule has 1 unspecified atom stereocenters. The van der Waals surface area contributed by atoms with E-state index in [0.29, 0.717) is 0 Å². The number of hydrogen-bond acceptors (Lipinski definition) is 5. The van der Waals surface area contributed by atoms with Gasteiger partial charge in [0.2, 0.25) is 11.7 Å². The Morgan fingerprint density at radius 2 is 1.94 bits per heavy atom. The summed E-state index contributed by atoms with van der Waals surface area (Å²) in [6.07, 6.45) is 0.0750. The Morgan fingerprint density at radius 1 is 1.41 bits per heavy atom. The van der Waals surface area contributed by atoms with Crippen LogP contribution in [0.1, 0.15) is 34.1 Å². The third-order valence-electron chi connectivity index (χ3n) is 1.81. The van der Waals surface area contributed by atoms with E-state index in [4.69, 9.17) is 9.84 Å². The van der Waals surface area contributed by atoms with Crippen molar-refractivity contribution < 1.29 is 24.2 Å². The van der Waals surface area contributed by atoms with Crippen LogP contribution in [-0.2, 0) is 14.3 Å². The number of carboxylic acid groups (broad SMARTS) is 1. The molecule has 96 valence electrons. The number of aliphatic imine (C=N–C) groups is 1. The number of amides is 1. The summed E-state index contributed by atoms with van der Waals surface area (Å²) in [4.78, 5) is 35.8. The van der Waals surface area contributed by atoms with E-state index < -0.39 is 23.3 Å². The lowest BCUT2D eigenvalue weighted by Crippen LogP contribution is -2.53. The van der Waals surface area contributed by atoms with Crippen molar-refractivity contribution in [2.24, 2.45) is 4.99 Å². The Labute approximate surface area is 98.9 Å². The van der Waals surface area contributed by atoms with Crippen LogP contribution in [0.3, 0.4) is 0 Å². The Kier molecular flexibility index (Phi) is 4.85. The molecule has 0 saturated carbocycles. The molecule has 0 heterocycles. The van der Waals surface area contributed by atoms with E-state index in [-0.39, 0.29) is 6.42 Å². The van der Waals surface area contributed by atoms with Gasteiger partial charge in [0.05, 0.1) is 0 Å². The third kappa shape index (κ3) is 4.65. The molecular formula is C10H16N2O5. The molecule has 0 spiro atoms. The summed E-state index contributed by atoms with van der Waals surface area (Å²) < 4.78 is 4.89. The van der Waals surface area contributed by atoms with Crippen molar-refractivity contribution in [1.29, 1.82) is 0 Å². The van der Waals surface area contributed by atoms with Crippen molar-refractivity contribution >= 4 is 18.1 Å². The van der Waals surface area contributed by atoms with Crippen molar-refractivity contribution in [1.82, 2.24) is 5.32 Å². The van der Waals surface area contributed by atoms with Gasteiger partial charge in [-0.25, -0.2) is 14.4 Å². The van der Waals surface area contributed by atoms with Gasteiger partial charge in [-0.15, -0.1) is 0 Å². The Balaban J connectivity index is 4.95. The molecule has 0 aromatic carbocycles. The molecule has 0 fully saturated rings. The lowest BCUT2D eigenvalue weighted by atomic mass is 10.1. The molecule has 0 saturated heterocycles. The zero-order chi connectivity index (χ0) is 13.7. The predicted octanol–water partition coefficient (Wildman–Crippen LogP) is 1.04.